The SMILES string of the molecule is BC(B)(B)Oc1ccc(C2=CCC(C)O2)cc1Cl. The minimum Gasteiger partial charge on any atom is -0.512 e. The van der Waals surface area contributed by atoms with Crippen LogP contribution < -0.4 is 4.74 Å². The van der Waals surface area contributed by atoms with Crippen LogP contribution in [0.5, 0.6) is 5.75 Å². The standard InChI is InChI=1S/C12H16B3ClO2/c1-7-2-4-10(17-7)8-3-5-11(9(16)6-8)18-12(13,14)15/h3-7H,2,13-15H2,1H3. The van der Waals surface area contributed by atoms with Gasteiger partial charge in [0.1, 0.15) is 35.0 Å². The van der Waals surface area contributed by atoms with E-state index in [1.54, 1.807) is 0 Å². The summed E-state index contributed by atoms with van der Waals surface area (Å²) in [7, 11) is 6.00. The highest BCUT2D eigenvalue weighted by Crippen LogP contribution is 2.32. The Hall–Kier alpha value is -0.955. The van der Waals surface area contributed by atoms with Gasteiger partial charge in [0.25, 0.3) is 0 Å². The second kappa shape index (κ2) is 4.97. The minimum atomic E-state index is -0.247. The van der Waals surface area contributed by atoms with Crippen LogP contribution in [0.25, 0.3) is 5.76 Å². The van der Waals surface area contributed by atoms with Crippen molar-refractivity contribution in [2.45, 2.75) is 24.7 Å². The number of benzene rings is 1. The number of halogens is 1. The van der Waals surface area contributed by atoms with Crippen LogP contribution >= 0.6 is 11.6 Å². The van der Waals surface area contributed by atoms with Crippen LogP contribution in [0, 0.1) is 0 Å². The van der Waals surface area contributed by atoms with Crippen molar-refractivity contribution in [1.82, 2.24) is 0 Å². The number of hydrogen-bond donors (Lipinski definition) is 0. The maximum atomic E-state index is 6.24. The fraction of sp³-hybridized carbons (Fsp3) is 0.333. The highest BCUT2D eigenvalue weighted by molar-refractivity contribution is 6.58. The Bertz CT molecular complexity index is 483. The van der Waals surface area contributed by atoms with Gasteiger partial charge >= 0.3 is 0 Å². The monoisotopic (exact) mass is 260 g/mol. The smallest absolute Gasteiger partial charge is 0.135 e. The molecule has 0 aromatic heterocycles. The molecule has 18 heavy (non-hydrogen) atoms. The van der Waals surface area contributed by atoms with Crippen LogP contribution in [0.1, 0.15) is 18.9 Å². The van der Waals surface area contributed by atoms with E-state index in [1.807, 2.05) is 41.7 Å². The van der Waals surface area contributed by atoms with Gasteiger partial charge in [0.15, 0.2) is 0 Å². The van der Waals surface area contributed by atoms with Crippen molar-refractivity contribution in [3.63, 3.8) is 0 Å². The molecule has 0 N–H and O–H groups in total. The zero-order valence-corrected chi connectivity index (χ0v) is 12.0. The maximum absolute atomic E-state index is 6.24. The summed E-state index contributed by atoms with van der Waals surface area (Å²) in [4.78, 5) is 0. The van der Waals surface area contributed by atoms with E-state index in [0.29, 0.717) is 10.8 Å². The quantitative estimate of drug-likeness (QED) is 0.731. The summed E-state index contributed by atoms with van der Waals surface area (Å²) in [6.07, 6.45) is 3.30. The Morgan fingerprint density at radius 2 is 2.11 bits per heavy atom. The highest BCUT2D eigenvalue weighted by Gasteiger charge is 2.18. The third-order valence-corrected chi connectivity index (χ3v) is 2.89. The molecule has 1 heterocycles. The molecule has 0 spiro atoms. The number of ether oxygens (including phenoxy) is 2. The van der Waals surface area contributed by atoms with E-state index in [2.05, 4.69) is 13.0 Å². The second-order valence-electron chi connectivity index (χ2n) is 5.59. The Morgan fingerprint density at radius 3 is 2.61 bits per heavy atom. The molecular formula is C12H16B3ClO2. The molecule has 1 atom stereocenters. The molecule has 6 heteroatoms. The lowest BCUT2D eigenvalue weighted by Gasteiger charge is -2.23. The lowest BCUT2D eigenvalue weighted by atomic mass is 9.52. The van der Waals surface area contributed by atoms with Crippen LogP contribution in [0.3, 0.4) is 0 Å². The molecule has 0 saturated carbocycles. The van der Waals surface area contributed by atoms with Crippen LogP contribution in [0.15, 0.2) is 24.3 Å². The molecule has 0 radical (unpaired) electrons. The summed E-state index contributed by atoms with van der Waals surface area (Å²) < 4.78 is 11.5. The normalized spacial score (nSPS) is 19.2. The topological polar surface area (TPSA) is 18.5 Å². The van der Waals surface area contributed by atoms with Crippen molar-refractivity contribution in [3.05, 3.63) is 34.9 Å². The van der Waals surface area contributed by atoms with Gasteiger partial charge in [0.05, 0.1) is 11.1 Å². The Kier molecular flexibility index (Phi) is 3.72. The lowest BCUT2D eigenvalue weighted by Crippen LogP contribution is -2.37. The summed E-state index contributed by atoms with van der Waals surface area (Å²) in [5.74, 6) is 1.62. The largest absolute Gasteiger partial charge is 0.512 e. The van der Waals surface area contributed by atoms with Gasteiger partial charge < -0.3 is 9.47 Å². The summed E-state index contributed by atoms with van der Waals surface area (Å²) in [6, 6.07) is 5.78. The molecule has 0 amide bonds. The number of rotatable bonds is 3. The average molecular weight is 260 g/mol. The van der Waals surface area contributed by atoms with E-state index >= 15 is 0 Å². The van der Waals surface area contributed by atoms with Gasteiger partial charge in [-0.05, 0) is 31.2 Å². The summed E-state index contributed by atoms with van der Waals surface area (Å²) in [5.41, 5.74) is 1.01. The number of hydrogen-bond acceptors (Lipinski definition) is 2. The van der Waals surface area contributed by atoms with Crippen molar-refractivity contribution in [2.24, 2.45) is 0 Å². The predicted molar refractivity (Wildman–Crippen MR) is 83.6 cm³/mol. The van der Waals surface area contributed by atoms with Crippen molar-refractivity contribution in [1.29, 1.82) is 0 Å². The molecule has 2 nitrogen and oxygen atoms in total. The van der Waals surface area contributed by atoms with Gasteiger partial charge in [-0.3, -0.25) is 0 Å². The van der Waals surface area contributed by atoms with Crippen LogP contribution in [-0.4, -0.2) is 34.9 Å². The van der Waals surface area contributed by atoms with Crippen LogP contribution in [-0.2, 0) is 4.74 Å². The molecule has 0 fully saturated rings. The van der Waals surface area contributed by atoms with E-state index in [4.69, 9.17) is 21.1 Å². The minimum absolute atomic E-state index is 0.247. The van der Waals surface area contributed by atoms with Gasteiger partial charge in [0, 0.05) is 17.3 Å². The predicted octanol–water partition coefficient (Wildman–Crippen LogP) is 0.379. The van der Waals surface area contributed by atoms with Crippen molar-refractivity contribution in [2.75, 3.05) is 0 Å². The highest BCUT2D eigenvalue weighted by atomic mass is 35.5. The van der Waals surface area contributed by atoms with E-state index in [9.17, 15) is 0 Å². The van der Waals surface area contributed by atoms with Crippen molar-refractivity contribution in [3.8, 4) is 5.75 Å². The van der Waals surface area contributed by atoms with Crippen molar-refractivity contribution >= 4 is 40.9 Å². The molecule has 1 unspecified atom stereocenters. The molecule has 1 aliphatic heterocycles. The maximum Gasteiger partial charge on any atom is 0.135 e. The van der Waals surface area contributed by atoms with Gasteiger partial charge in [-0.25, -0.2) is 0 Å². The molecule has 92 valence electrons. The molecule has 1 aromatic carbocycles. The van der Waals surface area contributed by atoms with Crippen LogP contribution in [0.2, 0.25) is 5.02 Å². The first kappa shape index (κ1) is 13.5. The Balaban J connectivity index is 2.20. The first-order valence-electron chi connectivity index (χ1n) is 6.21. The summed E-state index contributed by atoms with van der Waals surface area (Å²) in [6.45, 7) is 2.06. The average Bonchev–Trinajstić information content (AvgIpc) is 2.66. The van der Waals surface area contributed by atoms with Gasteiger partial charge in [-0.2, -0.15) is 0 Å². The lowest BCUT2D eigenvalue weighted by molar-refractivity contribution is 0.210. The van der Waals surface area contributed by atoms with E-state index < -0.39 is 0 Å². The Labute approximate surface area is 116 Å². The first-order chi connectivity index (χ1) is 8.35. The summed E-state index contributed by atoms with van der Waals surface area (Å²) >= 11 is 6.24. The van der Waals surface area contributed by atoms with Gasteiger partial charge in [-0.15, -0.1) is 0 Å². The fourth-order valence-corrected chi connectivity index (χ4v) is 2.06. The van der Waals surface area contributed by atoms with Gasteiger partial charge in [0.2, 0.25) is 0 Å². The second-order valence-corrected chi connectivity index (χ2v) is 6.00. The molecule has 2 rings (SSSR count). The Morgan fingerprint density at radius 1 is 1.39 bits per heavy atom. The van der Waals surface area contributed by atoms with Crippen molar-refractivity contribution < 1.29 is 9.47 Å². The third kappa shape index (κ3) is 3.29. The van der Waals surface area contributed by atoms with Crippen LogP contribution in [0.4, 0.5) is 0 Å². The molecule has 1 aliphatic rings. The molecular weight excluding hydrogens is 244 g/mol. The first-order valence-corrected chi connectivity index (χ1v) is 6.59. The molecule has 0 saturated heterocycles. The zero-order valence-electron chi connectivity index (χ0n) is 11.3. The van der Waals surface area contributed by atoms with E-state index in [1.165, 1.54) is 0 Å². The third-order valence-electron chi connectivity index (χ3n) is 2.60. The molecule has 0 aliphatic carbocycles. The fourth-order valence-electron chi connectivity index (χ4n) is 1.84. The molecule has 0 bridgehead atoms. The molecule has 1 aromatic rings. The summed E-state index contributed by atoms with van der Waals surface area (Å²) in [5, 5.41) is 0.370. The zero-order chi connectivity index (χ0) is 13.3. The van der Waals surface area contributed by atoms with Gasteiger partial charge in [-0.1, -0.05) is 11.6 Å². The van der Waals surface area contributed by atoms with E-state index in [0.717, 1.165) is 17.7 Å². The van der Waals surface area contributed by atoms with E-state index in [-0.39, 0.29) is 11.4 Å².